The molecular formula is C49H88N2O7Si. The van der Waals surface area contributed by atoms with E-state index in [0.717, 1.165) is 25.9 Å². The zero-order chi connectivity index (χ0) is 45.8. The molecule has 5 atom stereocenters. The molecule has 0 aliphatic heterocycles. The highest BCUT2D eigenvalue weighted by atomic mass is 28.4. The van der Waals surface area contributed by atoms with Crippen LogP contribution in [0.25, 0.3) is 0 Å². The standard InChI is InChI=1S/C21H35NO3.C16H27NO2.C12H26O2Si/c1-8-16(2)20(22(6)15-17-12-10-9-11-13-17)18(24-7)14-19(23)25-21(3,4)5;1-6-13(2)15(16(18-4)19-5)17(3)12-14-10-8-7-9-11-14;1-10(13-11(2,3)4)14-15(8,9)12(5,6)7/h9-13,16,18,20H,8,14-15H2,1-7H3;7-11,13,15-16H,6,12H2,1-5H3;1H2,2-9H3/t16-,18+,20-;13-,15-;/m00./s1. The third-order valence-corrected chi connectivity index (χ3v) is 15.2. The minimum absolute atomic E-state index is 0.141. The first kappa shape index (κ1) is 56.3. The summed E-state index contributed by atoms with van der Waals surface area (Å²) in [4.78, 5) is 16.9. The molecule has 2 aromatic rings. The molecule has 59 heavy (non-hydrogen) atoms. The number of benzene rings is 2. The molecule has 9 nitrogen and oxygen atoms in total. The van der Waals surface area contributed by atoms with Crippen LogP contribution in [-0.4, -0.2) is 95.2 Å². The number of carbonyl (C=O) groups is 1. The van der Waals surface area contributed by atoms with Crippen molar-refractivity contribution in [3.63, 3.8) is 0 Å². The van der Waals surface area contributed by atoms with Crippen LogP contribution in [0, 0.1) is 11.8 Å². The molecule has 0 aliphatic rings. The van der Waals surface area contributed by atoms with Crippen molar-refractivity contribution in [1.82, 2.24) is 9.80 Å². The van der Waals surface area contributed by atoms with Gasteiger partial charge in [0, 0.05) is 40.5 Å². The van der Waals surface area contributed by atoms with Crippen LogP contribution in [0.15, 0.2) is 73.2 Å². The SMILES string of the molecule is C=C(OC(C)(C)C)O[Si](C)(C)C(C)(C)C.CC[C@H](C)[C@@H](C(OC)OC)N(C)Cc1ccccc1.CC[C@H](C)[C@@H]([C@@H](CC(=O)OC(C)(C)C)OC)N(C)Cc1ccccc1. The fraction of sp³-hybridized carbons (Fsp3) is 0.694. The van der Waals surface area contributed by atoms with Gasteiger partial charge in [-0.15, -0.1) is 0 Å². The number of esters is 1. The molecule has 0 saturated heterocycles. The molecule has 0 bridgehead atoms. The van der Waals surface area contributed by atoms with Crippen molar-refractivity contribution in [3.8, 4) is 0 Å². The van der Waals surface area contributed by atoms with Gasteiger partial charge in [-0.2, -0.15) is 0 Å². The molecule has 0 N–H and O–H groups in total. The summed E-state index contributed by atoms with van der Waals surface area (Å²) in [7, 11) is 7.54. The van der Waals surface area contributed by atoms with Crippen molar-refractivity contribution in [2.75, 3.05) is 35.4 Å². The van der Waals surface area contributed by atoms with Crippen LogP contribution in [0.3, 0.4) is 0 Å². The second-order valence-corrected chi connectivity index (χ2v) is 24.1. The Bertz CT molecular complexity index is 1420. The normalized spacial score (nSPS) is 14.9. The Morgan fingerprint density at radius 1 is 0.661 bits per heavy atom. The summed E-state index contributed by atoms with van der Waals surface area (Å²) in [5.74, 6) is 1.16. The summed E-state index contributed by atoms with van der Waals surface area (Å²) in [6.45, 7) is 37.0. The molecule has 2 rings (SSSR count). The van der Waals surface area contributed by atoms with Crippen molar-refractivity contribution < 1.29 is 32.9 Å². The van der Waals surface area contributed by atoms with Gasteiger partial charge >= 0.3 is 5.97 Å². The van der Waals surface area contributed by atoms with Crippen molar-refractivity contribution in [1.29, 1.82) is 0 Å². The first-order valence-electron chi connectivity index (χ1n) is 21.5. The van der Waals surface area contributed by atoms with E-state index in [9.17, 15) is 4.79 Å². The van der Waals surface area contributed by atoms with E-state index in [-0.39, 0.29) is 47.5 Å². The molecule has 0 spiro atoms. The van der Waals surface area contributed by atoms with Crippen molar-refractivity contribution in [2.24, 2.45) is 11.8 Å². The summed E-state index contributed by atoms with van der Waals surface area (Å²) in [5, 5.41) is 0.178. The predicted octanol–water partition coefficient (Wildman–Crippen LogP) is 11.7. The lowest BCUT2D eigenvalue weighted by Crippen LogP contribution is -2.47. The van der Waals surface area contributed by atoms with Gasteiger partial charge in [-0.05, 0) is 103 Å². The van der Waals surface area contributed by atoms with E-state index in [2.05, 4.69) is 141 Å². The van der Waals surface area contributed by atoms with Gasteiger partial charge in [-0.25, -0.2) is 0 Å². The molecule has 2 aromatic carbocycles. The average Bonchev–Trinajstić information content (AvgIpc) is 3.12. The van der Waals surface area contributed by atoms with Crippen molar-refractivity contribution in [3.05, 3.63) is 84.3 Å². The highest BCUT2D eigenvalue weighted by molar-refractivity contribution is 6.74. The monoisotopic (exact) mass is 845 g/mol. The van der Waals surface area contributed by atoms with E-state index in [4.69, 9.17) is 28.1 Å². The molecule has 0 saturated carbocycles. The summed E-state index contributed by atoms with van der Waals surface area (Å²) in [6, 6.07) is 21.3. The molecule has 0 amide bonds. The number of ether oxygens (including phenoxy) is 5. The van der Waals surface area contributed by atoms with Gasteiger partial charge in [0.15, 0.2) is 6.29 Å². The lowest BCUT2D eigenvalue weighted by Gasteiger charge is -2.38. The molecule has 0 unspecified atom stereocenters. The van der Waals surface area contributed by atoms with Gasteiger partial charge < -0.3 is 28.1 Å². The topological polar surface area (TPSA) is 78.9 Å². The maximum atomic E-state index is 12.3. The number of hydrogen-bond acceptors (Lipinski definition) is 9. The lowest BCUT2D eigenvalue weighted by molar-refractivity contribution is -0.159. The molecular weight excluding hydrogens is 757 g/mol. The van der Waals surface area contributed by atoms with E-state index in [1.807, 2.05) is 53.7 Å². The Kier molecular flexibility index (Phi) is 25.3. The summed E-state index contributed by atoms with van der Waals surface area (Å²) < 4.78 is 33.7. The van der Waals surface area contributed by atoms with Crippen LogP contribution >= 0.6 is 0 Å². The molecule has 0 aliphatic carbocycles. The van der Waals surface area contributed by atoms with Gasteiger partial charge in [-0.1, -0.05) is 122 Å². The minimum Gasteiger partial charge on any atom is -0.519 e. The predicted molar refractivity (Wildman–Crippen MR) is 250 cm³/mol. The third kappa shape index (κ3) is 22.6. The molecule has 10 heteroatoms. The molecule has 0 heterocycles. The van der Waals surface area contributed by atoms with Crippen LogP contribution in [0.1, 0.15) is 120 Å². The Labute approximate surface area is 363 Å². The number of rotatable bonds is 20. The molecule has 0 fully saturated rings. The second kappa shape index (κ2) is 26.6. The van der Waals surface area contributed by atoms with Crippen LogP contribution in [0.2, 0.25) is 18.1 Å². The Morgan fingerprint density at radius 2 is 1.05 bits per heavy atom. The molecule has 340 valence electrons. The second-order valence-electron chi connectivity index (χ2n) is 19.4. The molecule has 0 aromatic heterocycles. The van der Waals surface area contributed by atoms with Crippen molar-refractivity contribution >= 4 is 14.3 Å². The number of nitrogens with zero attached hydrogens (tertiary/aromatic N) is 2. The molecule has 0 radical (unpaired) electrons. The fourth-order valence-electron chi connectivity index (χ4n) is 6.50. The number of hydrogen-bond donors (Lipinski definition) is 0. The Morgan fingerprint density at radius 3 is 1.39 bits per heavy atom. The zero-order valence-electron chi connectivity index (χ0n) is 41.2. The first-order chi connectivity index (χ1) is 27.2. The maximum Gasteiger partial charge on any atom is 0.309 e. The van der Waals surface area contributed by atoms with Gasteiger partial charge in [0.2, 0.25) is 0 Å². The minimum atomic E-state index is -1.79. The van der Waals surface area contributed by atoms with E-state index in [1.54, 1.807) is 21.3 Å². The summed E-state index contributed by atoms with van der Waals surface area (Å²) in [5.41, 5.74) is 1.85. The average molecular weight is 845 g/mol. The van der Waals surface area contributed by atoms with E-state index in [0.29, 0.717) is 17.8 Å². The smallest absolute Gasteiger partial charge is 0.309 e. The largest absolute Gasteiger partial charge is 0.519 e. The van der Waals surface area contributed by atoms with E-state index >= 15 is 0 Å². The fourth-order valence-corrected chi connectivity index (χ4v) is 7.41. The number of likely N-dealkylation sites (N-methyl/N-ethyl adjacent to an activating group) is 2. The van der Waals surface area contributed by atoms with Crippen LogP contribution < -0.4 is 0 Å². The van der Waals surface area contributed by atoms with E-state index < -0.39 is 13.9 Å². The first-order valence-corrected chi connectivity index (χ1v) is 24.4. The summed E-state index contributed by atoms with van der Waals surface area (Å²) in [6.07, 6.45) is 2.01. The van der Waals surface area contributed by atoms with Crippen LogP contribution in [-0.2, 0) is 46.0 Å². The third-order valence-electron chi connectivity index (χ3n) is 10.8. The number of methoxy groups -OCH3 is 3. The van der Waals surface area contributed by atoms with Gasteiger partial charge in [0.1, 0.15) is 11.2 Å². The summed E-state index contributed by atoms with van der Waals surface area (Å²) >= 11 is 0. The van der Waals surface area contributed by atoms with Crippen molar-refractivity contribution in [2.45, 2.75) is 176 Å². The van der Waals surface area contributed by atoms with E-state index in [1.165, 1.54) is 11.1 Å². The Balaban J connectivity index is 0.000000887. The zero-order valence-corrected chi connectivity index (χ0v) is 42.2. The lowest BCUT2D eigenvalue weighted by atomic mass is 9.91. The maximum absolute atomic E-state index is 12.3. The Hall–Kier alpha value is -2.73. The highest BCUT2D eigenvalue weighted by Crippen LogP contribution is 2.38. The van der Waals surface area contributed by atoms with Gasteiger partial charge in [-0.3, -0.25) is 14.6 Å². The van der Waals surface area contributed by atoms with Gasteiger partial charge in [0.05, 0.1) is 18.6 Å². The van der Waals surface area contributed by atoms with Crippen LogP contribution in [0.5, 0.6) is 0 Å². The van der Waals surface area contributed by atoms with Crippen LogP contribution in [0.4, 0.5) is 0 Å². The number of carbonyl (C=O) groups excluding carboxylic acids is 1. The van der Waals surface area contributed by atoms with Gasteiger partial charge in [0.25, 0.3) is 14.3 Å². The quantitative estimate of drug-likeness (QED) is 0.0560. The highest BCUT2D eigenvalue weighted by Gasteiger charge is 2.40.